The largest absolute Gasteiger partial charge is 0.375 e. The lowest BCUT2D eigenvalue weighted by Crippen LogP contribution is -2.10. The standard InChI is InChI=1S/C10H13F2NO2S/c1-7-13-8(6-16-7)4-9(14)2-3-15-5-10(11)12/h6,10H,2-5H2,1H3. The number of hydrogen-bond acceptors (Lipinski definition) is 4. The second-order valence-corrected chi connectivity index (χ2v) is 4.35. The number of alkyl halides is 2. The minimum Gasteiger partial charge on any atom is -0.375 e. The third-order valence-corrected chi connectivity index (χ3v) is 2.64. The van der Waals surface area contributed by atoms with E-state index in [1.165, 1.54) is 11.3 Å². The topological polar surface area (TPSA) is 39.2 Å². The molecular formula is C10H13F2NO2S. The first-order valence-corrected chi connectivity index (χ1v) is 5.74. The van der Waals surface area contributed by atoms with Crippen LogP contribution in [0.3, 0.4) is 0 Å². The summed E-state index contributed by atoms with van der Waals surface area (Å²) < 4.78 is 28.0. The molecule has 0 aromatic carbocycles. The van der Waals surface area contributed by atoms with Gasteiger partial charge in [0.25, 0.3) is 6.43 Å². The molecule has 16 heavy (non-hydrogen) atoms. The van der Waals surface area contributed by atoms with Crippen molar-refractivity contribution >= 4 is 17.1 Å². The molecule has 1 aromatic rings. The summed E-state index contributed by atoms with van der Waals surface area (Å²) in [4.78, 5) is 15.5. The smallest absolute Gasteiger partial charge is 0.261 e. The molecule has 90 valence electrons. The van der Waals surface area contributed by atoms with Crippen LogP contribution in [0.25, 0.3) is 0 Å². The number of Topliss-reactive ketones (excluding diaryl/α,β-unsaturated/α-hetero) is 1. The van der Waals surface area contributed by atoms with Crippen molar-refractivity contribution in [2.75, 3.05) is 13.2 Å². The van der Waals surface area contributed by atoms with Gasteiger partial charge >= 0.3 is 0 Å². The lowest BCUT2D eigenvalue weighted by atomic mass is 10.2. The number of nitrogens with zero attached hydrogens (tertiary/aromatic N) is 1. The van der Waals surface area contributed by atoms with Gasteiger partial charge in [-0.1, -0.05) is 0 Å². The molecule has 0 atom stereocenters. The quantitative estimate of drug-likeness (QED) is 0.696. The van der Waals surface area contributed by atoms with E-state index in [1.54, 1.807) is 0 Å². The van der Waals surface area contributed by atoms with Gasteiger partial charge in [0.2, 0.25) is 0 Å². The van der Waals surface area contributed by atoms with Crippen molar-refractivity contribution in [3.8, 4) is 0 Å². The number of thiazole rings is 1. The van der Waals surface area contributed by atoms with E-state index in [2.05, 4.69) is 9.72 Å². The normalized spacial score (nSPS) is 11.0. The van der Waals surface area contributed by atoms with Crippen molar-refractivity contribution in [3.05, 3.63) is 16.1 Å². The second-order valence-electron chi connectivity index (χ2n) is 3.29. The monoisotopic (exact) mass is 249 g/mol. The maximum Gasteiger partial charge on any atom is 0.261 e. The summed E-state index contributed by atoms with van der Waals surface area (Å²) in [5.41, 5.74) is 0.737. The van der Waals surface area contributed by atoms with Crippen molar-refractivity contribution in [1.82, 2.24) is 4.98 Å². The molecule has 0 saturated heterocycles. The van der Waals surface area contributed by atoms with Crippen molar-refractivity contribution in [2.45, 2.75) is 26.2 Å². The third kappa shape index (κ3) is 5.27. The summed E-state index contributed by atoms with van der Waals surface area (Å²) in [5.74, 6) is -0.0421. The van der Waals surface area contributed by atoms with Gasteiger partial charge in [0.1, 0.15) is 12.4 Å². The number of ether oxygens (including phenoxy) is 1. The van der Waals surface area contributed by atoms with E-state index in [-0.39, 0.29) is 25.2 Å². The molecule has 0 radical (unpaired) electrons. The zero-order valence-corrected chi connectivity index (χ0v) is 9.73. The van der Waals surface area contributed by atoms with E-state index in [1.807, 2.05) is 12.3 Å². The molecule has 3 nitrogen and oxygen atoms in total. The first-order valence-electron chi connectivity index (χ1n) is 4.86. The molecule has 0 aliphatic rings. The average molecular weight is 249 g/mol. The summed E-state index contributed by atoms with van der Waals surface area (Å²) in [6, 6.07) is 0. The molecule has 0 bridgehead atoms. The van der Waals surface area contributed by atoms with Gasteiger partial charge in [-0.2, -0.15) is 0 Å². The second kappa shape index (κ2) is 6.65. The predicted octanol–water partition coefficient (Wildman–Crippen LogP) is 2.23. The maximum absolute atomic E-state index is 11.7. The minimum absolute atomic E-state index is 0.0421. The van der Waals surface area contributed by atoms with Crippen molar-refractivity contribution in [1.29, 1.82) is 0 Å². The number of halogens is 2. The van der Waals surface area contributed by atoms with E-state index < -0.39 is 13.0 Å². The van der Waals surface area contributed by atoms with E-state index in [0.717, 1.165) is 10.7 Å². The molecule has 0 spiro atoms. The van der Waals surface area contributed by atoms with Gasteiger partial charge in [0, 0.05) is 18.2 Å². The Morgan fingerprint density at radius 2 is 2.38 bits per heavy atom. The fourth-order valence-electron chi connectivity index (χ4n) is 1.14. The van der Waals surface area contributed by atoms with Crippen LogP contribution in [0.5, 0.6) is 0 Å². The minimum atomic E-state index is -2.48. The lowest BCUT2D eigenvalue weighted by molar-refractivity contribution is -0.119. The van der Waals surface area contributed by atoms with Crippen LogP contribution in [0, 0.1) is 6.92 Å². The van der Waals surface area contributed by atoms with Gasteiger partial charge in [-0.3, -0.25) is 4.79 Å². The van der Waals surface area contributed by atoms with Crippen LogP contribution in [0.15, 0.2) is 5.38 Å². The Bertz CT molecular complexity index is 341. The van der Waals surface area contributed by atoms with Crippen LogP contribution in [-0.2, 0) is 16.0 Å². The molecule has 1 heterocycles. The molecule has 0 aliphatic carbocycles. The van der Waals surface area contributed by atoms with Crippen LogP contribution < -0.4 is 0 Å². The Labute approximate surface area is 96.5 Å². The lowest BCUT2D eigenvalue weighted by Gasteiger charge is -2.01. The molecule has 0 N–H and O–H groups in total. The SMILES string of the molecule is Cc1nc(CC(=O)CCOCC(F)F)cs1. The van der Waals surface area contributed by atoms with E-state index in [0.29, 0.717) is 0 Å². The van der Waals surface area contributed by atoms with Gasteiger partial charge in [-0.25, -0.2) is 13.8 Å². The fourth-order valence-corrected chi connectivity index (χ4v) is 1.75. The summed E-state index contributed by atoms with van der Waals surface area (Å²) in [5, 5.41) is 2.74. The first-order chi connectivity index (χ1) is 7.58. The van der Waals surface area contributed by atoms with Gasteiger partial charge < -0.3 is 4.74 Å². The number of carbonyl (C=O) groups excluding carboxylic acids is 1. The number of aryl methyl sites for hydroxylation is 1. The molecule has 0 saturated carbocycles. The molecule has 0 amide bonds. The Balaban J connectivity index is 2.16. The molecule has 0 unspecified atom stereocenters. The first kappa shape index (κ1) is 13.2. The van der Waals surface area contributed by atoms with Crippen LogP contribution in [0.2, 0.25) is 0 Å². The van der Waals surface area contributed by atoms with E-state index in [4.69, 9.17) is 0 Å². The number of aromatic nitrogens is 1. The summed E-state index contributed by atoms with van der Waals surface area (Å²) in [6.45, 7) is 1.31. The Morgan fingerprint density at radius 1 is 1.62 bits per heavy atom. The highest BCUT2D eigenvalue weighted by Crippen LogP contribution is 2.09. The van der Waals surface area contributed by atoms with Crippen LogP contribution in [-0.4, -0.2) is 30.4 Å². The zero-order valence-electron chi connectivity index (χ0n) is 8.91. The Morgan fingerprint density at radius 3 is 2.94 bits per heavy atom. The molecule has 0 fully saturated rings. The zero-order chi connectivity index (χ0) is 12.0. The van der Waals surface area contributed by atoms with Crippen molar-refractivity contribution in [2.24, 2.45) is 0 Å². The third-order valence-electron chi connectivity index (χ3n) is 1.81. The average Bonchev–Trinajstić information content (AvgIpc) is 2.58. The number of rotatable bonds is 7. The number of ketones is 1. The summed E-state index contributed by atoms with van der Waals surface area (Å²) in [7, 11) is 0. The van der Waals surface area contributed by atoms with Gasteiger partial charge in [0.15, 0.2) is 0 Å². The maximum atomic E-state index is 11.7. The molecular weight excluding hydrogens is 236 g/mol. The van der Waals surface area contributed by atoms with Crippen molar-refractivity contribution < 1.29 is 18.3 Å². The Hall–Kier alpha value is -0.880. The molecule has 1 aromatic heterocycles. The molecule has 1 rings (SSSR count). The van der Waals surface area contributed by atoms with Crippen LogP contribution >= 0.6 is 11.3 Å². The van der Waals surface area contributed by atoms with Gasteiger partial charge in [-0.15, -0.1) is 11.3 Å². The van der Waals surface area contributed by atoms with E-state index >= 15 is 0 Å². The Kier molecular flexibility index (Phi) is 5.48. The highest BCUT2D eigenvalue weighted by molar-refractivity contribution is 7.09. The number of carbonyl (C=O) groups is 1. The highest BCUT2D eigenvalue weighted by atomic mass is 32.1. The van der Waals surface area contributed by atoms with Gasteiger partial charge in [-0.05, 0) is 6.92 Å². The highest BCUT2D eigenvalue weighted by Gasteiger charge is 2.07. The summed E-state index contributed by atoms with van der Waals surface area (Å²) in [6.07, 6.45) is -2.07. The van der Waals surface area contributed by atoms with Crippen molar-refractivity contribution in [3.63, 3.8) is 0 Å². The van der Waals surface area contributed by atoms with Crippen LogP contribution in [0.4, 0.5) is 8.78 Å². The number of hydrogen-bond donors (Lipinski definition) is 0. The summed E-state index contributed by atoms with van der Waals surface area (Å²) >= 11 is 1.48. The van der Waals surface area contributed by atoms with Gasteiger partial charge in [0.05, 0.1) is 17.3 Å². The van der Waals surface area contributed by atoms with E-state index in [9.17, 15) is 13.6 Å². The predicted molar refractivity (Wildman–Crippen MR) is 57.0 cm³/mol. The molecule has 6 heteroatoms. The van der Waals surface area contributed by atoms with Crippen LogP contribution in [0.1, 0.15) is 17.1 Å². The fraction of sp³-hybridized carbons (Fsp3) is 0.600. The molecule has 0 aliphatic heterocycles.